The van der Waals surface area contributed by atoms with Crippen LogP contribution in [0.3, 0.4) is 0 Å². The van der Waals surface area contributed by atoms with Crippen molar-refractivity contribution in [3.05, 3.63) is 124 Å². The molecule has 53 heavy (non-hydrogen) atoms. The maximum atomic E-state index is 14.8. The third-order valence-corrected chi connectivity index (χ3v) is 10.9. The lowest BCUT2D eigenvalue weighted by Crippen LogP contribution is -2.42. The van der Waals surface area contributed by atoms with Gasteiger partial charge in [0.1, 0.15) is 11.9 Å². The lowest BCUT2D eigenvalue weighted by Gasteiger charge is -2.41. The van der Waals surface area contributed by atoms with Gasteiger partial charge in [-0.3, -0.25) is 14.2 Å². The van der Waals surface area contributed by atoms with E-state index in [0.717, 1.165) is 60.7 Å². The summed E-state index contributed by atoms with van der Waals surface area (Å²) in [5.74, 6) is -2.73. The van der Waals surface area contributed by atoms with Crippen molar-refractivity contribution in [2.45, 2.75) is 76.3 Å². The number of piperidine rings is 1. The molecule has 0 bridgehead atoms. The third-order valence-electron chi connectivity index (χ3n) is 10.9. The number of amides is 1. The van der Waals surface area contributed by atoms with Gasteiger partial charge in [-0.15, -0.1) is 10.2 Å². The number of nitrogens with one attached hydrogen (secondary N) is 1. The van der Waals surface area contributed by atoms with Crippen molar-refractivity contribution in [1.29, 1.82) is 0 Å². The fourth-order valence-corrected chi connectivity index (χ4v) is 8.15. The van der Waals surface area contributed by atoms with Gasteiger partial charge in [0.25, 0.3) is 5.91 Å². The van der Waals surface area contributed by atoms with E-state index in [2.05, 4.69) is 40.8 Å². The van der Waals surface area contributed by atoms with Crippen LogP contribution in [-0.4, -0.2) is 44.2 Å². The molecule has 0 radical (unpaired) electrons. The second-order valence-electron chi connectivity index (χ2n) is 14.6. The highest BCUT2D eigenvalue weighted by molar-refractivity contribution is 5.97. The molecular formula is C40H41F3N6O4. The van der Waals surface area contributed by atoms with Crippen LogP contribution >= 0.6 is 0 Å². The number of nitrogens with zero attached hydrogens (tertiary/aromatic N) is 5. The number of imidazole rings is 1. The molecule has 1 saturated heterocycles. The zero-order chi connectivity index (χ0) is 37.4. The zero-order valence-electron chi connectivity index (χ0n) is 29.7. The van der Waals surface area contributed by atoms with Crippen LogP contribution in [0, 0.1) is 23.4 Å². The topological polar surface area (TPSA) is 115 Å². The minimum atomic E-state index is -0.995. The predicted octanol–water partition coefficient (Wildman–Crippen LogP) is 6.99. The maximum Gasteiger partial charge on any atom is 0.336 e. The minimum Gasteiger partial charge on any atom is -0.426 e. The number of aryl methyl sites for hydroxylation is 1. The molecule has 1 amide bonds. The summed E-state index contributed by atoms with van der Waals surface area (Å²) in [6.45, 7) is 9.56. The van der Waals surface area contributed by atoms with Crippen LogP contribution in [0.25, 0.3) is 11.0 Å². The number of benzene rings is 3. The molecule has 1 spiro atoms. The number of hydrogen-bond donors (Lipinski definition) is 1. The number of carbonyl (C=O) groups excluding carboxylic acids is 2. The highest BCUT2D eigenvalue weighted by atomic mass is 19.2. The summed E-state index contributed by atoms with van der Waals surface area (Å²) < 4.78 is 50.6. The van der Waals surface area contributed by atoms with E-state index in [0.29, 0.717) is 48.6 Å². The number of rotatable bonds is 11. The Morgan fingerprint density at radius 2 is 1.83 bits per heavy atom. The first-order valence-corrected chi connectivity index (χ1v) is 17.9. The van der Waals surface area contributed by atoms with Gasteiger partial charge >= 0.3 is 5.69 Å². The molecule has 1 aliphatic carbocycles. The largest absolute Gasteiger partial charge is 0.426 e. The number of hydrogen-bond acceptors (Lipinski definition) is 7. The lowest BCUT2D eigenvalue weighted by molar-refractivity contribution is -0.122. The van der Waals surface area contributed by atoms with Gasteiger partial charge in [0.05, 0.1) is 11.0 Å². The molecule has 2 aromatic heterocycles. The number of fused-ring (bicyclic) bond motifs is 3. The molecule has 1 aliphatic heterocycles. The van der Waals surface area contributed by atoms with E-state index >= 15 is 0 Å². The van der Waals surface area contributed by atoms with Gasteiger partial charge in [0.2, 0.25) is 18.2 Å². The van der Waals surface area contributed by atoms with Crippen LogP contribution in [0.5, 0.6) is 0 Å². The first-order valence-electron chi connectivity index (χ1n) is 17.9. The van der Waals surface area contributed by atoms with E-state index in [9.17, 15) is 27.6 Å². The quantitative estimate of drug-likeness (QED) is 0.146. The molecule has 0 unspecified atom stereocenters. The molecule has 5 aromatic rings. The zero-order valence-corrected chi connectivity index (χ0v) is 29.7. The van der Waals surface area contributed by atoms with Crippen LogP contribution in [-0.2, 0) is 23.2 Å². The second kappa shape index (κ2) is 14.5. The molecule has 10 nitrogen and oxygen atoms in total. The minimum absolute atomic E-state index is 0.103. The number of carbonyl (C=O) groups is 2. The van der Waals surface area contributed by atoms with E-state index in [4.69, 9.17) is 4.42 Å². The summed E-state index contributed by atoms with van der Waals surface area (Å²) in [5, 5.41) is 10.6. The molecule has 3 aromatic carbocycles. The molecule has 276 valence electrons. The van der Waals surface area contributed by atoms with Crippen molar-refractivity contribution in [1.82, 2.24) is 24.6 Å². The molecule has 2 aliphatic rings. The van der Waals surface area contributed by atoms with Gasteiger partial charge in [-0.2, -0.15) is 0 Å². The number of aromatic nitrogens is 4. The summed E-state index contributed by atoms with van der Waals surface area (Å²) in [6, 6.07) is 13.3. The number of anilines is 1. The van der Waals surface area contributed by atoms with E-state index in [1.165, 1.54) is 16.7 Å². The maximum absolute atomic E-state index is 14.8. The van der Waals surface area contributed by atoms with Crippen molar-refractivity contribution in [2.24, 2.45) is 5.92 Å². The summed E-state index contributed by atoms with van der Waals surface area (Å²) in [5.41, 5.74) is 3.72. The molecule has 1 N–H and O–H groups in total. The monoisotopic (exact) mass is 726 g/mol. The molecule has 0 saturated carbocycles. The van der Waals surface area contributed by atoms with Crippen LogP contribution in [0.4, 0.5) is 18.9 Å². The summed E-state index contributed by atoms with van der Waals surface area (Å²) in [6.07, 6.45) is 5.38. The standard InChI is InChI=1S/C40H41F3N6O4/c1-4-37(51)49-34-10-7-28(21-35(34)48(39(49)52)14-11-24(2)3)47-15-12-40(13-16-47)22-26(29-8-6-27(41)20-30(29)40)19-36(50)45-33(38-46-44-23-53-38)18-25-5-9-31(42)32(43)17-25/h4-10,17,20-21,23-24,26,33H,1,11-16,18-19,22H2,2-3H3,(H,45,50)/t26-,33-/m1/s1. The Morgan fingerprint density at radius 1 is 1.04 bits per heavy atom. The SMILES string of the molecule is C=CC(=O)n1c(=O)n(CCC(C)C)c2cc(N3CCC4(CC3)C[C@@H](CC(=O)N[C@H](Cc3ccc(F)c(F)c3)c3nnco3)c3ccc(F)cc34)ccc21. The lowest BCUT2D eigenvalue weighted by atomic mass is 9.73. The third kappa shape index (κ3) is 7.04. The van der Waals surface area contributed by atoms with Gasteiger partial charge in [0.15, 0.2) is 11.6 Å². The van der Waals surface area contributed by atoms with Crippen molar-refractivity contribution < 1.29 is 27.2 Å². The predicted molar refractivity (Wildman–Crippen MR) is 193 cm³/mol. The van der Waals surface area contributed by atoms with Crippen LogP contribution in [0.15, 0.2) is 82.9 Å². The van der Waals surface area contributed by atoms with E-state index in [-0.39, 0.29) is 47.5 Å². The molecule has 2 atom stereocenters. The Labute approximate surface area is 304 Å². The second-order valence-corrected chi connectivity index (χ2v) is 14.6. The number of halogens is 3. The van der Waals surface area contributed by atoms with Crippen molar-refractivity contribution in [2.75, 3.05) is 18.0 Å². The summed E-state index contributed by atoms with van der Waals surface area (Å²) >= 11 is 0. The Kier molecular flexibility index (Phi) is 9.84. The van der Waals surface area contributed by atoms with E-state index in [1.807, 2.05) is 18.2 Å². The van der Waals surface area contributed by atoms with Crippen molar-refractivity contribution in [3.63, 3.8) is 0 Å². The van der Waals surface area contributed by atoms with Gasteiger partial charge in [-0.25, -0.2) is 22.5 Å². The van der Waals surface area contributed by atoms with E-state index in [1.54, 1.807) is 16.7 Å². The molecular weight excluding hydrogens is 685 g/mol. The van der Waals surface area contributed by atoms with E-state index < -0.39 is 23.6 Å². The van der Waals surface area contributed by atoms with Gasteiger partial charge in [0, 0.05) is 38.2 Å². The Balaban J connectivity index is 1.09. The Hall–Kier alpha value is -5.46. The van der Waals surface area contributed by atoms with Crippen molar-refractivity contribution >= 4 is 28.5 Å². The first-order chi connectivity index (χ1) is 25.5. The summed E-state index contributed by atoms with van der Waals surface area (Å²) in [7, 11) is 0. The Morgan fingerprint density at radius 3 is 2.53 bits per heavy atom. The highest BCUT2D eigenvalue weighted by Crippen LogP contribution is 2.53. The van der Waals surface area contributed by atoms with Crippen LogP contribution in [0.2, 0.25) is 0 Å². The molecule has 7 rings (SSSR count). The molecule has 13 heteroatoms. The van der Waals surface area contributed by atoms with Gasteiger partial charge < -0.3 is 14.6 Å². The first kappa shape index (κ1) is 35.9. The van der Waals surface area contributed by atoms with Crippen LogP contribution in [0.1, 0.15) is 85.3 Å². The normalized spacial score (nSPS) is 17.0. The summed E-state index contributed by atoms with van der Waals surface area (Å²) in [4.78, 5) is 42.0. The van der Waals surface area contributed by atoms with Gasteiger partial charge in [-0.1, -0.05) is 32.6 Å². The Bertz CT molecular complexity index is 2240. The molecule has 3 heterocycles. The van der Waals surface area contributed by atoms with Gasteiger partial charge in [-0.05, 0) is 108 Å². The molecule has 1 fully saturated rings. The average molecular weight is 727 g/mol. The number of allylic oxidation sites excluding steroid dienone is 1. The highest BCUT2D eigenvalue weighted by Gasteiger charge is 2.46. The fraction of sp³-hybridized carbons (Fsp3) is 0.375. The smallest absolute Gasteiger partial charge is 0.336 e. The van der Waals surface area contributed by atoms with Crippen LogP contribution < -0.4 is 15.9 Å². The fourth-order valence-electron chi connectivity index (χ4n) is 8.15. The average Bonchev–Trinajstić information content (AvgIpc) is 3.84. The van der Waals surface area contributed by atoms with Crippen molar-refractivity contribution in [3.8, 4) is 0 Å².